The van der Waals surface area contributed by atoms with Gasteiger partial charge in [-0.3, -0.25) is 24.9 Å². The maximum absolute atomic E-state index is 13.1. The van der Waals surface area contributed by atoms with E-state index in [0.717, 1.165) is 5.69 Å². The number of ether oxygens (including phenoxy) is 2. The number of methoxy groups -OCH3 is 1. The van der Waals surface area contributed by atoms with E-state index in [2.05, 4.69) is 9.98 Å². The fraction of sp³-hybridized carbons (Fsp3) is 0.280. The molecule has 0 N–H and O–H groups in total. The Bertz CT molecular complexity index is 1170. The minimum atomic E-state index is -0.915. The van der Waals surface area contributed by atoms with Crippen LogP contribution in [-0.2, 0) is 19.1 Å². The molecule has 0 fully saturated rings. The summed E-state index contributed by atoms with van der Waals surface area (Å²) < 4.78 is 10.5. The van der Waals surface area contributed by atoms with E-state index in [1.807, 2.05) is 30.4 Å². The Morgan fingerprint density at radius 1 is 1.18 bits per heavy atom. The lowest BCUT2D eigenvalue weighted by molar-refractivity contribution is -0.384. The number of allylic oxidation sites excluding steroid dienone is 1. The van der Waals surface area contributed by atoms with Crippen LogP contribution in [0.1, 0.15) is 37.4 Å². The second-order valence-corrected chi connectivity index (χ2v) is 7.66. The largest absolute Gasteiger partial charge is 0.468 e. The molecule has 1 aromatic carbocycles. The highest BCUT2D eigenvalue weighted by atomic mass is 16.6. The number of esters is 2. The molecule has 9 heteroatoms. The molecule has 34 heavy (non-hydrogen) atoms. The smallest absolute Gasteiger partial charge is 0.336 e. The summed E-state index contributed by atoms with van der Waals surface area (Å²) in [5, 5.41) is 11.3. The molecule has 0 spiro atoms. The number of pyridine rings is 1. The molecule has 2 unspecified atom stereocenters. The van der Waals surface area contributed by atoms with Gasteiger partial charge in [-0.1, -0.05) is 24.3 Å². The van der Waals surface area contributed by atoms with E-state index >= 15 is 0 Å². The summed E-state index contributed by atoms with van der Waals surface area (Å²) in [5.41, 5.74) is 2.09. The SMILES string of the molecule is COC(=O)C1C(C)=NC(C)=C(C(=O)OCCC=Cc2ccccn2)C1c1cccc([N+](=O)[O-])c1. The molecular weight excluding hydrogens is 438 g/mol. The number of nitro benzene ring substituents is 1. The van der Waals surface area contributed by atoms with Gasteiger partial charge in [0.25, 0.3) is 5.69 Å². The van der Waals surface area contributed by atoms with Crippen molar-refractivity contribution in [2.45, 2.75) is 26.2 Å². The Labute approximate surface area is 197 Å². The Balaban J connectivity index is 1.87. The highest BCUT2D eigenvalue weighted by Gasteiger charge is 2.42. The van der Waals surface area contributed by atoms with E-state index in [1.165, 1.54) is 25.3 Å². The van der Waals surface area contributed by atoms with Gasteiger partial charge in [-0.05, 0) is 44.0 Å². The normalized spacial score (nSPS) is 17.9. The number of hydrogen-bond donors (Lipinski definition) is 0. The van der Waals surface area contributed by atoms with E-state index in [1.54, 1.807) is 26.1 Å². The third-order valence-corrected chi connectivity index (χ3v) is 5.44. The van der Waals surface area contributed by atoms with Gasteiger partial charge in [0.15, 0.2) is 0 Å². The number of nitro groups is 1. The first-order chi connectivity index (χ1) is 16.3. The van der Waals surface area contributed by atoms with E-state index in [0.29, 0.717) is 23.4 Å². The number of carbonyl (C=O) groups excluding carboxylic acids is 2. The van der Waals surface area contributed by atoms with Crippen LogP contribution in [0.4, 0.5) is 5.69 Å². The highest BCUT2D eigenvalue weighted by molar-refractivity contribution is 6.07. The predicted octanol–water partition coefficient (Wildman–Crippen LogP) is 4.26. The van der Waals surface area contributed by atoms with Gasteiger partial charge in [-0.15, -0.1) is 0 Å². The van der Waals surface area contributed by atoms with Crippen LogP contribution in [0.25, 0.3) is 6.08 Å². The molecule has 0 amide bonds. The number of nitrogens with zero attached hydrogens (tertiary/aromatic N) is 3. The van der Waals surface area contributed by atoms with Crippen molar-refractivity contribution in [3.8, 4) is 0 Å². The van der Waals surface area contributed by atoms with Crippen molar-refractivity contribution in [1.82, 2.24) is 4.98 Å². The molecule has 2 aromatic rings. The molecular formula is C25H25N3O6. The van der Waals surface area contributed by atoms with Crippen molar-refractivity contribution in [2.75, 3.05) is 13.7 Å². The lowest BCUT2D eigenvalue weighted by atomic mass is 9.75. The first-order valence-corrected chi connectivity index (χ1v) is 10.7. The van der Waals surface area contributed by atoms with E-state index < -0.39 is 28.7 Å². The molecule has 176 valence electrons. The summed E-state index contributed by atoms with van der Waals surface area (Å²) in [5.74, 6) is -2.97. The van der Waals surface area contributed by atoms with Crippen LogP contribution in [0.15, 0.2) is 71.0 Å². The van der Waals surface area contributed by atoms with Crippen LogP contribution < -0.4 is 0 Å². The Kier molecular flexibility index (Phi) is 8.02. The second-order valence-electron chi connectivity index (χ2n) is 7.66. The number of non-ortho nitro benzene ring substituents is 1. The van der Waals surface area contributed by atoms with Gasteiger partial charge in [0.2, 0.25) is 0 Å². The Morgan fingerprint density at radius 3 is 2.65 bits per heavy atom. The summed E-state index contributed by atoms with van der Waals surface area (Å²) in [7, 11) is 1.25. The fourth-order valence-corrected chi connectivity index (χ4v) is 3.90. The maximum Gasteiger partial charge on any atom is 0.336 e. The number of carbonyl (C=O) groups is 2. The second kappa shape index (κ2) is 11.1. The highest BCUT2D eigenvalue weighted by Crippen LogP contribution is 2.40. The van der Waals surface area contributed by atoms with E-state index in [-0.39, 0.29) is 17.9 Å². The van der Waals surface area contributed by atoms with Gasteiger partial charge in [0, 0.05) is 35.7 Å². The van der Waals surface area contributed by atoms with Crippen molar-refractivity contribution in [2.24, 2.45) is 10.9 Å². The first kappa shape index (κ1) is 24.5. The van der Waals surface area contributed by atoms with E-state index in [4.69, 9.17) is 9.47 Å². The standard InChI is InChI=1S/C25H25N3O6/c1-16-21(24(29)33-3)23(18-9-8-12-20(15-18)28(31)32)22(17(2)27-16)25(30)34-14-7-5-11-19-10-4-6-13-26-19/h4-6,8-13,15,21,23H,7,14H2,1-3H3. The van der Waals surface area contributed by atoms with Gasteiger partial charge in [-0.25, -0.2) is 4.79 Å². The van der Waals surface area contributed by atoms with Crippen LogP contribution in [-0.4, -0.2) is 41.3 Å². The summed E-state index contributed by atoms with van der Waals surface area (Å²) >= 11 is 0. The molecule has 0 saturated carbocycles. The summed E-state index contributed by atoms with van der Waals surface area (Å²) in [4.78, 5) is 45.2. The quantitative estimate of drug-likeness (QED) is 0.248. The van der Waals surface area contributed by atoms with Gasteiger partial charge < -0.3 is 9.47 Å². The Hall–Kier alpha value is -4.14. The average Bonchev–Trinajstić information content (AvgIpc) is 2.83. The summed E-state index contributed by atoms with van der Waals surface area (Å²) in [6, 6.07) is 11.4. The van der Waals surface area contributed by atoms with Crippen LogP contribution in [0, 0.1) is 16.0 Å². The third kappa shape index (κ3) is 5.61. The number of benzene rings is 1. The van der Waals surface area contributed by atoms with Crippen molar-refractivity contribution >= 4 is 29.4 Å². The van der Waals surface area contributed by atoms with Crippen molar-refractivity contribution in [3.05, 3.63) is 87.4 Å². The molecule has 1 aliphatic rings. The van der Waals surface area contributed by atoms with Crippen LogP contribution in [0.5, 0.6) is 0 Å². The Morgan fingerprint density at radius 2 is 1.97 bits per heavy atom. The maximum atomic E-state index is 13.1. The number of rotatable bonds is 8. The van der Waals surface area contributed by atoms with Gasteiger partial charge in [0.1, 0.15) is 5.92 Å². The average molecular weight is 463 g/mol. The molecule has 2 heterocycles. The molecule has 9 nitrogen and oxygen atoms in total. The van der Waals surface area contributed by atoms with Gasteiger partial charge in [-0.2, -0.15) is 0 Å². The van der Waals surface area contributed by atoms with Crippen molar-refractivity contribution in [1.29, 1.82) is 0 Å². The number of aliphatic imine (C=N–C) groups is 1. The minimum absolute atomic E-state index is 0.103. The monoisotopic (exact) mass is 463 g/mol. The van der Waals surface area contributed by atoms with E-state index in [9.17, 15) is 19.7 Å². The molecule has 0 saturated heterocycles. The zero-order chi connectivity index (χ0) is 24.7. The molecule has 1 aromatic heterocycles. The van der Waals surface area contributed by atoms with Gasteiger partial charge >= 0.3 is 11.9 Å². The minimum Gasteiger partial charge on any atom is -0.468 e. The third-order valence-electron chi connectivity index (χ3n) is 5.44. The lowest BCUT2D eigenvalue weighted by Gasteiger charge is -2.31. The fourth-order valence-electron chi connectivity index (χ4n) is 3.90. The van der Waals surface area contributed by atoms with Crippen molar-refractivity contribution in [3.63, 3.8) is 0 Å². The molecule has 0 radical (unpaired) electrons. The molecule has 1 aliphatic heterocycles. The molecule has 3 rings (SSSR count). The molecule has 0 aliphatic carbocycles. The molecule has 0 bridgehead atoms. The zero-order valence-corrected chi connectivity index (χ0v) is 19.1. The zero-order valence-electron chi connectivity index (χ0n) is 19.1. The number of hydrogen-bond acceptors (Lipinski definition) is 8. The summed E-state index contributed by atoms with van der Waals surface area (Å²) in [6.45, 7) is 3.42. The summed E-state index contributed by atoms with van der Waals surface area (Å²) in [6.07, 6.45) is 5.81. The number of aromatic nitrogens is 1. The predicted molar refractivity (Wildman–Crippen MR) is 126 cm³/mol. The molecule has 2 atom stereocenters. The van der Waals surface area contributed by atoms with Crippen LogP contribution >= 0.6 is 0 Å². The topological polar surface area (TPSA) is 121 Å². The van der Waals surface area contributed by atoms with Crippen LogP contribution in [0.2, 0.25) is 0 Å². The lowest BCUT2D eigenvalue weighted by Crippen LogP contribution is -2.36. The van der Waals surface area contributed by atoms with Crippen molar-refractivity contribution < 1.29 is 24.0 Å². The van der Waals surface area contributed by atoms with Gasteiger partial charge in [0.05, 0.1) is 29.9 Å². The van der Waals surface area contributed by atoms with Crippen LogP contribution in [0.3, 0.4) is 0 Å². The first-order valence-electron chi connectivity index (χ1n) is 10.7.